The average molecular weight is 356 g/mol. The second kappa shape index (κ2) is 9.75. The summed E-state index contributed by atoms with van der Waals surface area (Å²) < 4.78 is 22.8. The third-order valence-electron chi connectivity index (χ3n) is 4.96. The number of nitrogens with one attached hydrogen (secondary N) is 2. The highest BCUT2D eigenvalue weighted by Crippen LogP contribution is 2.27. The summed E-state index contributed by atoms with van der Waals surface area (Å²) in [4.78, 5) is 37.4. The molecule has 0 bridgehead atoms. The first-order chi connectivity index (χ1) is 13.3. The second-order valence-corrected chi connectivity index (χ2v) is 6.93. The van der Waals surface area contributed by atoms with E-state index in [1.807, 2.05) is 0 Å². The van der Waals surface area contributed by atoms with Gasteiger partial charge in [0.2, 0.25) is 11.8 Å². The van der Waals surface area contributed by atoms with Crippen LogP contribution in [0.4, 0.5) is 0 Å². The average Bonchev–Trinajstić information content (AvgIpc) is 2.68. The van der Waals surface area contributed by atoms with E-state index in [1.54, 1.807) is 0 Å². The van der Waals surface area contributed by atoms with Crippen LogP contribution in [0.3, 0.4) is 0 Å². The number of likely N-dealkylation sites (tertiary alicyclic amines) is 1. The first-order valence-electron chi connectivity index (χ1n) is 10.8. The number of hydrogen-bond acceptors (Lipinski definition) is 4. The summed E-state index contributed by atoms with van der Waals surface area (Å²) in [6.45, 7) is 1.47. The Morgan fingerprint density at radius 1 is 1.44 bits per heavy atom. The van der Waals surface area contributed by atoms with Gasteiger partial charge in [-0.15, -0.1) is 0 Å². The Labute approximate surface area is 153 Å². The third-order valence-corrected chi connectivity index (χ3v) is 4.96. The molecule has 0 aromatic rings. The molecule has 0 spiro atoms. The molecule has 2 heterocycles. The lowest BCUT2D eigenvalue weighted by atomic mass is 9.86. The van der Waals surface area contributed by atoms with Crippen LogP contribution in [-0.4, -0.2) is 60.0 Å². The third kappa shape index (κ3) is 6.65. The van der Waals surface area contributed by atoms with Gasteiger partial charge in [-0.25, -0.2) is 0 Å². The van der Waals surface area contributed by atoms with Crippen LogP contribution in [0.1, 0.15) is 55.9 Å². The molecule has 25 heavy (non-hydrogen) atoms. The monoisotopic (exact) mass is 356 g/mol. The van der Waals surface area contributed by atoms with E-state index >= 15 is 0 Å². The van der Waals surface area contributed by atoms with Crippen molar-refractivity contribution in [2.75, 3.05) is 26.2 Å². The fourth-order valence-electron chi connectivity index (χ4n) is 3.63. The normalized spacial score (nSPS) is 27.5. The zero-order valence-electron chi connectivity index (χ0n) is 17.6. The number of amides is 2. The lowest BCUT2D eigenvalue weighted by Gasteiger charge is -2.33. The molecule has 2 amide bonds. The minimum absolute atomic E-state index is 0.0718. The van der Waals surface area contributed by atoms with E-state index in [0.717, 1.165) is 51.6 Å². The molecule has 7 nitrogen and oxygen atoms in total. The lowest BCUT2D eigenvalue weighted by molar-refractivity contribution is -0.143. The van der Waals surface area contributed by atoms with Crippen LogP contribution >= 0.6 is 0 Å². The van der Waals surface area contributed by atoms with Gasteiger partial charge in [0.25, 0.3) is 0 Å². The minimum atomic E-state index is -2.24. The first kappa shape index (κ1) is 15.6. The van der Waals surface area contributed by atoms with Crippen molar-refractivity contribution in [1.82, 2.24) is 15.5 Å². The summed E-state index contributed by atoms with van der Waals surface area (Å²) in [7, 11) is 0. The van der Waals surface area contributed by atoms with Crippen molar-refractivity contribution in [1.29, 1.82) is 0 Å². The second-order valence-electron chi connectivity index (χ2n) is 6.93. The molecule has 2 aliphatic heterocycles. The number of rotatable bonds is 8. The fourth-order valence-corrected chi connectivity index (χ4v) is 3.63. The molecular weight excluding hydrogens is 322 g/mol. The van der Waals surface area contributed by atoms with E-state index in [4.69, 9.17) is 9.22 Å². The molecule has 2 rings (SSSR count). The summed E-state index contributed by atoms with van der Waals surface area (Å²) >= 11 is 0. The highest BCUT2D eigenvalue weighted by molar-refractivity contribution is 5.86. The molecule has 0 aromatic carbocycles. The Morgan fingerprint density at radius 3 is 2.88 bits per heavy atom. The van der Waals surface area contributed by atoms with Gasteiger partial charge in [0.15, 0.2) is 0 Å². The maximum atomic E-state index is 12.7. The topological polar surface area (TPSA) is 98.7 Å². The van der Waals surface area contributed by atoms with Crippen molar-refractivity contribution in [3.63, 3.8) is 0 Å². The largest absolute Gasteiger partial charge is 0.481 e. The van der Waals surface area contributed by atoms with Gasteiger partial charge in [0.1, 0.15) is 0 Å². The van der Waals surface area contributed by atoms with Crippen LogP contribution < -0.4 is 10.6 Å². The molecule has 142 valence electrons. The smallest absolute Gasteiger partial charge is 0.305 e. The van der Waals surface area contributed by atoms with Gasteiger partial charge in [-0.05, 0) is 64.4 Å². The van der Waals surface area contributed by atoms with Crippen LogP contribution in [0, 0.1) is 11.8 Å². The van der Waals surface area contributed by atoms with Crippen LogP contribution in [-0.2, 0) is 14.4 Å². The summed E-state index contributed by atoms with van der Waals surface area (Å²) in [5, 5.41) is 14.4. The van der Waals surface area contributed by atoms with Crippen molar-refractivity contribution in [3.05, 3.63) is 0 Å². The number of aliphatic carboxylic acids is 1. The highest BCUT2D eigenvalue weighted by atomic mass is 16.4. The molecule has 7 heteroatoms. The Morgan fingerprint density at radius 2 is 2.20 bits per heavy atom. The van der Waals surface area contributed by atoms with Gasteiger partial charge in [0.05, 0.1) is 14.3 Å². The molecule has 0 aliphatic carbocycles. The first-order valence-corrected chi connectivity index (χ1v) is 9.01. The molecule has 2 saturated heterocycles. The summed E-state index contributed by atoms with van der Waals surface area (Å²) in [5.74, 6) is -1.81. The van der Waals surface area contributed by atoms with Crippen LogP contribution in [0.25, 0.3) is 0 Å². The number of carboxylic acid groups (broad SMARTS) is 1. The molecular formula is C18H31N3O4. The van der Waals surface area contributed by atoms with Crippen molar-refractivity contribution < 1.29 is 23.6 Å². The zero-order valence-corrected chi connectivity index (χ0v) is 14.6. The SMILES string of the molecule is [2H]C[C@]([2H])(NC(=O)CN1CCC[C@@H](CCC2CCNCC2)C1=O)C([2H])C(=O)O. The van der Waals surface area contributed by atoms with E-state index in [0.29, 0.717) is 12.5 Å². The summed E-state index contributed by atoms with van der Waals surface area (Å²) in [6.07, 6.45) is 3.72. The highest BCUT2D eigenvalue weighted by Gasteiger charge is 2.30. The molecule has 3 atom stereocenters. The number of carbonyl (C=O) groups excluding carboxylic acids is 2. The molecule has 0 radical (unpaired) electrons. The Hall–Kier alpha value is -1.63. The van der Waals surface area contributed by atoms with E-state index in [9.17, 15) is 14.4 Å². The fraction of sp³-hybridized carbons (Fsp3) is 0.833. The summed E-state index contributed by atoms with van der Waals surface area (Å²) in [6, 6.07) is -2.24. The Kier molecular flexibility index (Phi) is 6.09. The predicted molar refractivity (Wildman–Crippen MR) is 94.0 cm³/mol. The van der Waals surface area contributed by atoms with Crippen molar-refractivity contribution >= 4 is 17.8 Å². The zero-order chi connectivity index (χ0) is 20.7. The lowest BCUT2D eigenvalue weighted by Crippen LogP contribution is -2.48. The maximum Gasteiger partial charge on any atom is 0.305 e. The van der Waals surface area contributed by atoms with E-state index < -0.39 is 31.2 Å². The molecule has 2 aliphatic rings. The van der Waals surface area contributed by atoms with Gasteiger partial charge >= 0.3 is 5.97 Å². The number of carboxylic acids is 1. The van der Waals surface area contributed by atoms with Gasteiger partial charge < -0.3 is 20.6 Å². The van der Waals surface area contributed by atoms with Crippen molar-refractivity contribution in [3.8, 4) is 0 Å². The number of nitrogens with zero attached hydrogens (tertiary/aromatic N) is 1. The molecule has 0 saturated carbocycles. The van der Waals surface area contributed by atoms with E-state index in [-0.39, 0.29) is 18.4 Å². The quantitative estimate of drug-likeness (QED) is 0.602. The van der Waals surface area contributed by atoms with Crippen LogP contribution in [0.2, 0.25) is 0 Å². The minimum Gasteiger partial charge on any atom is -0.481 e. The van der Waals surface area contributed by atoms with Crippen molar-refractivity contribution in [2.45, 2.75) is 57.8 Å². The Balaban J connectivity index is 1.87. The van der Waals surface area contributed by atoms with Gasteiger partial charge in [-0.2, -0.15) is 0 Å². The predicted octanol–water partition coefficient (Wildman–Crippen LogP) is 0.984. The summed E-state index contributed by atoms with van der Waals surface area (Å²) in [5.41, 5.74) is 0. The Bertz CT molecular complexity index is 574. The van der Waals surface area contributed by atoms with Gasteiger partial charge in [0, 0.05) is 21.2 Å². The molecule has 2 fully saturated rings. The van der Waals surface area contributed by atoms with Gasteiger partial charge in [-0.3, -0.25) is 14.4 Å². The van der Waals surface area contributed by atoms with Gasteiger partial charge in [-0.1, -0.05) is 0 Å². The number of carbonyl (C=O) groups is 3. The van der Waals surface area contributed by atoms with E-state index in [2.05, 4.69) is 10.6 Å². The van der Waals surface area contributed by atoms with E-state index in [1.165, 1.54) is 4.90 Å². The standard InChI is InChI=1S/C18H31N3O4/c1-13(11-17(23)24)20-16(22)12-21-10-2-3-15(18(21)25)5-4-14-6-8-19-9-7-14/h13-15,19H,2-12H2,1H3,(H,20,22)(H,23,24)/t13-,15-/m0/s1/i1D,11D,13D/t11?,13-,15-. The number of hydrogen-bond donors (Lipinski definition) is 3. The maximum absolute atomic E-state index is 12.7. The molecule has 3 N–H and O–H groups in total. The molecule has 1 unspecified atom stereocenters. The van der Waals surface area contributed by atoms with Crippen LogP contribution in [0.5, 0.6) is 0 Å². The van der Waals surface area contributed by atoms with Crippen LogP contribution in [0.15, 0.2) is 0 Å². The number of piperidine rings is 2. The van der Waals surface area contributed by atoms with Crippen molar-refractivity contribution in [2.24, 2.45) is 11.8 Å². The molecule has 0 aromatic heterocycles.